The molecule has 0 amide bonds. The molecule has 1 aliphatic carbocycles. The van der Waals surface area contributed by atoms with Crippen LogP contribution in [0.25, 0.3) is 11.0 Å². The van der Waals surface area contributed by atoms with Crippen LogP contribution >= 0.6 is 11.7 Å². The first-order valence-corrected chi connectivity index (χ1v) is 10.8. The molecule has 7 nitrogen and oxygen atoms in total. The van der Waals surface area contributed by atoms with Gasteiger partial charge in [-0.05, 0) is 18.2 Å². The summed E-state index contributed by atoms with van der Waals surface area (Å²) in [5.41, 5.74) is 3.77. The maximum Gasteiger partial charge on any atom is 0.196 e. The fourth-order valence-electron chi connectivity index (χ4n) is 4.45. The van der Waals surface area contributed by atoms with Gasteiger partial charge in [0.15, 0.2) is 11.6 Å². The van der Waals surface area contributed by atoms with Gasteiger partial charge in [-0.2, -0.15) is 8.75 Å². The predicted octanol–water partition coefficient (Wildman–Crippen LogP) is 3.19. The summed E-state index contributed by atoms with van der Waals surface area (Å²) in [5, 5.41) is 0. The number of hydrogen-bond acceptors (Lipinski definition) is 8. The lowest BCUT2D eigenvalue weighted by molar-refractivity contribution is 0.0980. The van der Waals surface area contributed by atoms with Crippen molar-refractivity contribution in [3.63, 3.8) is 0 Å². The topological polar surface area (TPSA) is 79.3 Å². The third-order valence-corrected chi connectivity index (χ3v) is 6.53. The number of piperazine rings is 1. The van der Waals surface area contributed by atoms with E-state index in [1.807, 2.05) is 24.3 Å². The molecule has 0 atom stereocenters. The van der Waals surface area contributed by atoms with Gasteiger partial charge in [-0.3, -0.25) is 9.59 Å². The van der Waals surface area contributed by atoms with Crippen LogP contribution in [-0.4, -0.2) is 51.5 Å². The summed E-state index contributed by atoms with van der Waals surface area (Å²) >= 11 is 1.08. The van der Waals surface area contributed by atoms with E-state index in [-0.39, 0.29) is 11.6 Å². The van der Waals surface area contributed by atoms with E-state index in [2.05, 4.69) is 23.5 Å². The molecule has 4 aromatic rings. The molecule has 0 radical (unpaired) electrons. The number of rotatable bonds is 2. The number of fused-ring (bicyclic) bond motifs is 4. The molecule has 0 spiro atoms. The van der Waals surface area contributed by atoms with Gasteiger partial charge in [0.05, 0.1) is 23.0 Å². The summed E-state index contributed by atoms with van der Waals surface area (Å²) < 4.78 is 8.91. The molecule has 3 heterocycles. The normalized spacial score (nSPS) is 15.9. The minimum absolute atomic E-state index is 0.131. The van der Waals surface area contributed by atoms with Crippen molar-refractivity contribution in [2.75, 3.05) is 36.0 Å². The second-order valence-electron chi connectivity index (χ2n) is 7.65. The minimum atomic E-state index is -0.158. The molecule has 6 rings (SSSR count). The van der Waals surface area contributed by atoms with Crippen LogP contribution < -0.4 is 9.80 Å². The molecular weight excluding hydrogens is 410 g/mol. The zero-order chi connectivity index (χ0) is 20.9. The number of ketones is 2. The van der Waals surface area contributed by atoms with E-state index in [1.54, 1.807) is 30.5 Å². The molecule has 1 fully saturated rings. The van der Waals surface area contributed by atoms with E-state index in [0.717, 1.165) is 49.4 Å². The average Bonchev–Trinajstić information content (AvgIpc) is 3.32. The van der Waals surface area contributed by atoms with Gasteiger partial charge in [-0.15, -0.1) is 0 Å². The molecule has 2 aromatic carbocycles. The minimum Gasteiger partial charge on any atom is -0.366 e. The van der Waals surface area contributed by atoms with Crippen molar-refractivity contribution in [3.05, 3.63) is 77.0 Å². The number of benzene rings is 2. The Balaban J connectivity index is 1.40. The van der Waals surface area contributed by atoms with Crippen molar-refractivity contribution in [1.82, 2.24) is 13.7 Å². The van der Waals surface area contributed by atoms with Crippen molar-refractivity contribution >= 4 is 45.8 Å². The first-order valence-electron chi connectivity index (χ1n) is 10.1. The Morgan fingerprint density at radius 2 is 1.42 bits per heavy atom. The summed E-state index contributed by atoms with van der Waals surface area (Å²) in [6.07, 6.45) is 1.80. The number of carbonyl (C=O) groups is 2. The van der Waals surface area contributed by atoms with Crippen molar-refractivity contribution < 1.29 is 9.59 Å². The second kappa shape index (κ2) is 6.95. The van der Waals surface area contributed by atoms with E-state index >= 15 is 0 Å². The molecule has 1 aliphatic heterocycles. The van der Waals surface area contributed by atoms with Crippen molar-refractivity contribution in [2.24, 2.45) is 0 Å². The molecule has 8 heteroatoms. The monoisotopic (exact) mass is 427 g/mol. The Morgan fingerprint density at radius 3 is 2.16 bits per heavy atom. The highest BCUT2D eigenvalue weighted by molar-refractivity contribution is 7.00. The highest BCUT2D eigenvalue weighted by atomic mass is 32.1. The SMILES string of the molecule is O=C1c2ccccc2C(=O)c2c1cc(N1CCN(c3ccccn3)CC1)c1nsnc21. The van der Waals surface area contributed by atoms with Gasteiger partial charge in [0, 0.05) is 49.1 Å². The molecule has 2 aliphatic rings. The van der Waals surface area contributed by atoms with Crippen LogP contribution in [0, 0.1) is 0 Å². The summed E-state index contributed by atoms with van der Waals surface area (Å²) in [7, 11) is 0. The smallest absolute Gasteiger partial charge is 0.196 e. The molecule has 31 heavy (non-hydrogen) atoms. The van der Waals surface area contributed by atoms with Crippen LogP contribution in [0.4, 0.5) is 11.5 Å². The Morgan fingerprint density at radius 1 is 0.742 bits per heavy atom. The van der Waals surface area contributed by atoms with Crippen LogP contribution in [0.15, 0.2) is 54.7 Å². The van der Waals surface area contributed by atoms with Gasteiger partial charge in [0.1, 0.15) is 16.9 Å². The van der Waals surface area contributed by atoms with Gasteiger partial charge in [0.2, 0.25) is 0 Å². The summed E-state index contributed by atoms with van der Waals surface area (Å²) in [6.45, 7) is 3.15. The van der Waals surface area contributed by atoms with Gasteiger partial charge in [-0.1, -0.05) is 30.3 Å². The Labute approximate surface area is 182 Å². The molecular formula is C23H17N5O2S. The highest BCUT2D eigenvalue weighted by Gasteiger charge is 2.34. The van der Waals surface area contributed by atoms with Gasteiger partial charge >= 0.3 is 0 Å². The highest BCUT2D eigenvalue weighted by Crippen LogP contribution is 2.37. The number of anilines is 2. The van der Waals surface area contributed by atoms with E-state index in [4.69, 9.17) is 0 Å². The molecule has 1 saturated heterocycles. The first kappa shape index (κ1) is 18.1. The number of hydrogen-bond donors (Lipinski definition) is 0. The van der Waals surface area contributed by atoms with Crippen LogP contribution in [0.3, 0.4) is 0 Å². The maximum atomic E-state index is 13.3. The van der Waals surface area contributed by atoms with E-state index in [9.17, 15) is 9.59 Å². The van der Waals surface area contributed by atoms with Gasteiger partial charge < -0.3 is 9.80 Å². The Kier molecular flexibility index (Phi) is 4.07. The lowest BCUT2D eigenvalue weighted by atomic mass is 9.83. The van der Waals surface area contributed by atoms with E-state index in [0.29, 0.717) is 33.3 Å². The molecule has 0 unspecified atom stereocenters. The number of nitrogens with zero attached hydrogens (tertiary/aromatic N) is 5. The van der Waals surface area contributed by atoms with Crippen molar-refractivity contribution in [3.8, 4) is 0 Å². The lowest BCUT2D eigenvalue weighted by Gasteiger charge is -2.37. The van der Waals surface area contributed by atoms with Gasteiger partial charge in [-0.25, -0.2) is 4.98 Å². The molecule has 0 bridgehead atoms. The average molecular weight is 427 g/mol. The third-order valence-electron chi connectivity index (χ3n) is 6.00. The predicted molar refractivity (Wildman–Crippen MR) is 119 cm³/mol. The largest absolute Gasteiger partial charge is 0.366 e. The molecule has 0 N–H and O–H groups in total. The third kappa shape index (κ3) is 2.75. The summed E-state index contributed by atoms with van der Waals surface area (Å²) in [4.78, 5) is 35.4. The lowest BCUT2D eigenvalue weighted by Crippen LogP contribution is -2.47. The summed E-state index contributed by atoms with van der Waals surface area (Å²) in [6, 6.07) is 14.7. The van der Waals surface area contributed by atoms with Crippen LogP contribution in [0.1, 0.15) is 31.8 Å². The Hall–Kier alpha value is -3.65. The second-order valence-corrected chi connectivity index (χ2v) is 8.17. The number of pyridine rings is 1. The molecule has 0 saturated carbocycles. The fourth-order valence-corrected chi connectivity index (χ4v) is 5.01. The van der Waals surface area contributed by atoms with Crippen LogP contribution in [0.2, 0.25) is 0 Å². The number of carbonyl (C=O) groups excluding carboxylic acids is 2. The molecule has 2 aromatic heterocycles. The molecule has 152 valence electrons. The quantitative estimate of drug-likeness (QED) is 0.428. The van der Waals surface area contributed by atoms with E-state index in [1.165, 1.54) is 0 Å². The maximum absolute atomic E-state index is 13.3. The van der Waals surface area contributed by atoms with Crippen LogP contribution in [0.5, 0.6) is 0 Å². The zero-order valence-corrected chi connectivity index (χ0v) is 17.3. The van der Waals surface area contributed by atoms with Crippen molar-refractivity contribution in [2.45, 2.75) is 0 Å². The number of aromatic nitrogens is 3. The van der Waals surface area contributed by atoms with E-state index < -0.39 is 0 Å². The summed E-state index contributed by atoms with van der Waals surface area (Å²) in [5.74, 6) is 0.674. The first-order chi connectivity index (χ1) is 15.2. The van der Waals surface area contributed by atoms with Gasteiger partial charge in [0.25, 0.3) is 0 Å². The Bertz CT molecular complexity index is 1340. The fraction of sp³-hybridized carbons (Fsp3) is 0.174. The van der Waals surface area contributed by atoms with Crippen LogP contribution in [-0.2, 0) is 0 Å². The zero-order valence-electron chi connectivity index (χ0n) is 16.5. The van der Waals surface area contributed by atoms with Crippen molar-refractivity contribution in [1.29, 1.82) is 0 Å². The standard InChI is InChI=1S/C23H17N5O2S/c29-22-14-5-1-2-6-15(14)23(30)19-16(22)13-17(20-21(19)26-31-25-20)27-9-11-28(12-10-27)18-7-3-4-8-24-18/h1-8,13H,9-12H2.